The molecule has 2 N–H and O–H groups in total. The number of rotatable bonds is 5. The molecule has 2 aliphatic carbocycles. The van der Waals surface area contributed by atoms with Gasteiger partial charge in [0, 0.05) is 42.9 Å². The zero-order chi connectivity index (χ0) is 17.4. The number of nitrogens with zero attached hydrogens (tertiary/aromatic N) is 2. The summed E-state index contributed by atoms with van der Waals surface area (Å²) in [4.78, 5) is 16.9. The Bertz CT molecular complexity index is 621. The van der Waals surface area contributed by atoms with E-state index < -0.39 is 0 Å². The van der Waals surface area contributed by atoms with E-state index in [1.54, 1.807) is 6.20 Å². The normalized spacial score (nSPS) is 29.6. The SMILES string of the molecule is CC(C)Cn1ccnc1CNC(=O)N[C@@H]1[C@@H]2CCO[C@@H]2C12CCCC2. The van der Waals surface area contributed by atoms with Gasteiger partial charge in [-0.15, -0.1) is 0 Å². The lowest BCUT2D eigenvalue weighted by atomic mass is 9.54. The minimum atomic E-state index is -0.0688. The van der Waals surface area contributed by atoms with Crippen LogP contribution in [0.4, 0.5) is 4.79 Å². The van der Waals surface area contributed by atoms with Gasteiger partial charge in [-0.2, -0.15) is 0 Å². The van der Waals surface area contributed by atoms with Crippen molar-refractivity contribution in [3.8, 4) is 0 Å². The van der Waals surface area contributed by atoms with E-state index in [-0.39, 0.29) is 17.5 Å². The maximum Gasteiger partial charge on any atom is 0.315 e. The first-order chi connectivity index (χ1) is 12.1. The molecule has 0 unspecified atom stereocenters. The number of urea groups is 1. The van der Waals surface area contributed by atoms with E-state index >= 15 is 0 Å². The molecule has 0 radical (unpaired) electrons. The molecule has 4 rings (SSSR count). The second-order valence-corrected chi connectivity index (χ2v) is 8.38. The summed E-state index contributed by atoms with van der Waals surface area (Å²) in [6.45, 7) is 6.61. The largest absolute Gasteiger partial charge is 0.377 e. The summed E-state index contributed by atoms with van der Waals surface area (Å²) in [5.74, 6) is 1.97. The number of carbonyl (C=O) groups excluding carboxylic acids is 1. The Hall–Kier alpha value is -1.56. The number of amides is 2. The first-order valence-corrected chi connectivity index (χ1v) is 9.76. The zero-order valence-electron chi connectivity index (χ0n) is 15.3. The van der Waals surface area contributed by atoms with Crippen molar-refractivity contribution < 1.29 is 9.53 Å². The molecule has 2 heterocycles. The van der Waals surface area contributed by atoms with Gasteiger partial charge in [-0.1, -0.05) is 26.7 Å². The number of imidazole rings is 1. The summed E-state index contributed by atoms with van der Waals surface area (Å²) in [7, 11) is 0. The molecule has 1 saturated heterocycles. The monoisotopic (exact) mass is 346 g/mol. The van der Waals surface area contributed by atoms with E-state index in [1.165, 1.54) is 25.7 Å². The van der Waals surface area contributed by atoms with Crippen molar-refractivity contribution in [3.63, 3.8) is 0 Å². The fraction of sp³-hybridized carbons (Fsp3) is 0.789. The summed E-state index contributed by atoms with van der Waals surface area (Å²) in [6, 6.07) is 0.207. The highest BCUT2D eigenvalue weighted by molar-refractivity contribution is 5.74. The van der Waals surface area contributed by atoms with Crippen LogP contribution in [0.15, 0.2) is 12.4 Å². The minimum absolute atomic E-state index is 0.0688. The maximum absolute atomic E-state index is 12.5. The molecule has 1 spiro atoms. The molecule has 0 bridgehead atoms. The Balaban J connectivity index is 1.34. The second-order valence-electron chi connectivity index (χ2n) is 8.38. The van der Waals surface area contributed by atoms with Gasteiger partial charge in [0.25, 0.3) is 0 Å². The zero-order valence-corrected chi connectivity index (χ0v) is 15.3. The Morgan fingerprint density at radius 2 is 2.24 bits per heavy atom. The van der Waals surface area contributed by atoms with E-state index in [1.807, 2.05) is 6.20 Å². The van der Waals surface area contributed by atoms with Crippen molar-refractivity contribution in [1.82, 2.24) is 20.2 Å². The third-order valence-electron chi connectivity index (χ3n) is 6.34. The van der Waals surface area contributed by atoms with Gasteiger partial charge in [0.1, 0.15) is 5.82 Å². The third-order valence-corrected chi connectivity index (χ3v) is 6.34. The molecule has 1 aromatic heterocycles. The van der Waals surface area contributed by atoms with Crippen molar-refractivity contribution in [2.24, 2.45) is 17.3 Å². The highest BCUT2D eigenvalue weighted by Gasteiger charge is 2.65. The molecule has 6 nitrogen and oxygen atoms in total. The fourth-order valence-electron chi connectivity index (χ4n) is 5.32. The van der Waals surface area contributed by atoms with Gasteiger partial charge in [0.15, 0.2) is 0 Å². The quantitative estimate of drug-likeness (QED) is 0.861. The summed E-state index contributed by atoms with van der Waals surface area (Å²) < 4.78 is 8.11. The predicted octanol–water partition coefficient (Wildman–Crippen LogP) is 2.69. The first kappa shape index (κ1) is 16.9. The van der Waals surface area contributed by atoms with Crippen molar-refractivity contribution >= 4 is 6.03 Å². The van der Waals surface area contributed by atoms with Crippen LogP contribution < -0.4 is 10.6 Å². The molecule has 3 atom stereocenters. The molecule has 25 heavy (non-hydrogen) atoms. The summed E-state index contributed by atoms with van der Waals surface area (Å²) in [5, 5.41) is 6.29. The summed E-state index contributed by atoms with van der Waals surface area (Å²) in [5.41, 5.74) is 0.203. The van der Waals surface area contributed by atoms with E-state index in [9.17, 15) is 4.79 Å². The molecule has 6 heteroatoms. The molecule has 2 amide bonds. The van der Waals surface area contributed by atoms with Crippen LogP contribution in [-0.2, 0) is 17.8 Å². The summed E-state index contributed by atoms with van der Waals surface area (Å²) in [6.07, 6.45) is 10.2. The second kappa shape index (κ2) is 6.63. The van der Waals surface area contributed by atoms with Gasteiger partial charge < -0.3 is 19.9 Å². The van der Waals surface area contributed by atoms with E-state index in [0.29, 0.717) is 24.5 Å². The molecular weight excluding hydrogens is 316 g/mol. The van der Waals surface area contributed by atoms with E-state index in [0.717, 1.165) is 25.4 Å². The highest BCUT2D eigenvalue weighted by Crippen LogP contribution is 2.60. The Labute approximate surface area is 149 Å². The number of nitrogens with one attached hydrogen (secondary N) is 2. The molecular formula is C19H30N4O2. The van der Waals surface area contributed by atoms with Crippen LogP contribution in [0.25, 0.3) is 0 Å². The van der Waals surface area contributed by atoms with Gasteiger partial charge in [0.2, 0.25) is 0 Å². The first-order valence-electron chi connectivity index (χ1n) is 9.76. The van der Waals surface area contributed by atoms with Crippen molar-refractivity contribution in [3.05, 3.63) is 18.2 Å². The number of hydrogen-bond donors (Lipinski definition) is 2. The van der Waals surface area contributed by atoms with Crippen molar-refractivity contribution in [2.45, 2.75) is 71.2 Å². The van der Waals surface area contributed by atoms with Gasteiger partial charge in [-0.3, -0.25) is 0 Å². The van der Waals surface area contributed by atoms with Crippen LogP contribution in [-0.4, -0.2) is 34.3 Å². The maximum atomic E-state index is 12.5. The topological polar surface area (TPSA) is 68.2 Å². The van der Waals surface area contributed by atoms with Crippen LogP contribution in [0.1, 0.15) is 51.8 Å². The minimum Gasteiger partial charge on any atom is -0.377 e. The van der Waals surface area contributed by atoms with E-state index in [4.69, 9.17) is 4.74 Å². The number of ether oxygens (including phenoxy) is 1. The lowest BCUT2D eigenvalue weighted by Crippen LogP contribution is -2.69. The van der Waals surface area contributed by atoms with Crippen LogP contribution in [0.3, 0.4) is 0 Å². The Kier molecular flexibility index (Phi) is 4.48. The summed E-state index contributed by atoms with van der Waals surface area (Å²) >= 11 is 0. The standard InChI is InChI=1S/C19H30N4O2/c1-13(2)12-23-9-8-20-15(23)11-21-18(24)22-16-14-5-10-25-17(14)19(16)6-3-4-7-19/h8-9,13-14,16-17H,3-7,10-12H2,1-2H3,(H2,21,22,24)/t14-,16+,17-/m0/s1. The van der Waals surface area contributed by atoms with E-state index in [2.05, 4.69) is 34.0 Å². The average molecular weight is 346 g/mol. The number of carbonyl (C=O) groups is 1. The molecule has 3 fully saturated rings. The third kappa shape index (κ3) is 2.94. The van der Waals surface area contributed by atoms with Crippen LogP contribution in [0.5, 0.6) is 0 Å². The fourth-order valence-corrected chi connectivity index (χ4v) is 5.32. The average Bonchev–Trinajstić information content (AvgIpc) is 3.30. The van der Waals surface area contributed by atoms with Crippen LogP contribution >= 0.6 is 0 Å². The Morgan fingerprint density at radius 3 is 3.00 bits per heavy atom. The molecule has 0 aromatic carbocycles. The van der Waals surface area contributed by atoms with Crippen LogP contribution in [0.2, 0.25) is 0 Å². The molecule has 1 aromatic rings. The lowest BCUT2D eigenvalue weighted by molar-refractivity contribution is -0.126. The van der Waals surface area contributed by atoms with Gasteiger partial charge >= 0.3 is 6.03 Å². The molecule has 138 valence electrons. The number of hydrogen-bond acceptors (Lipinski definition) is 3. The van der Waals surface area contributed by atoms with Gasteiger partial charge in [-0.05, 0) is 25.2 Å². The molecule has 1 aliphatic heterocycles. The smallest absolute Gasteiger partial charge is 0.315 e. The lowest BCUT2D eigenvalue weighted by Gasteiger charge is -2.56. The number of fused-ring (bicyclic) bond motifs is 2. The van der Waals surface area contributed by atoms with Gasteiger partial charge in [-0.25, -0.2) is 9.78 Å². The molecule has 2 saturated carbocycles. The van der Waals surface area contributed by atoms with Crippen LogP contribution in [0, 0.1) is 17.3 Å². The molecule has 3 aliphatic rings. The Morgan fingerprint density at radius 1 is 1.44 bits per heavy atom. The van der Waals surface area contributed by atoms with Crippen molar-refractivity contribution in [1.29, 1.82) is 0 Å². The highest BCUT2D eigenvalue weighted by atomic mass is 16.5. The predicted molar refractivity (Wildman–Crippen MR) is 95.0 cm³/mol. The van der Waals surface area contributed by atoms with Gasteiger partial charge in [0.05, 0.1) is 12.6 Å². The van der Waals surface area contributed by atoms with Crippen molar-refractivity contribution in [2.75, 3.05) is 6.61 Å². The number of aromatic nitrogens is 2.